The molecule has 0 aromatic rings. The van der Waals surface area contributed by atoms with E-state index < -0.39 is 23.9 Å². The van der Waals surface area contributed by atoms with Gasteiger partial charge in [-0.3, -0.25) is 0 Å². The summed E-state index contributed by atoms with van der Waals surface area (Å²) in [6.45, 7) is 40.3. The van der Waals surface area contributed by atoms with E-state index in [2.05, 4.69) is 10.6 Å². The second-order valence-electron chi connectivity index (χ2n) is 18.2. The lowest BCUT2D eigenvalue weighted by Gasteiger charge is -2.36. The Morgan fingerprint density at radius 1 is 0.347 bits per heavy atom. The van der Waals surface area contributed by atoms with Crippen molar-refractivity contribution in [2.75, 3.05) is 91.9 Å². The Bertz CT molecular complexity index is 1560. The third kappa shape index (κ3) is 25.7. The van der Waals surface area contributed by atoms with E-state index in [4.69, 9.17) is 18.9 Å². The maximum Gasteiger partial charge on any atom is 0.331 e. The van der Waals surface area contributed by atoms with Gasteiger partial charge in [0.05, 0.1) is 24.2 Å². The predicted octanol–water partition coefficient (Wildman–Crippen LogP) is 7.03. The van der Waals surface area contributed by atoms with E-state index in [0.29, 0.717) is 65.4 Å². The summed E-state index contributed by atoms with van der Waals surface area (Å²) in [5.74, 6) is -2.60. The van der Waals surface area contributed by atoms with Crippen molar-refractivity contribution >= 4 is 48.0 Å². The molecule has 0 aliphatic rings. The topological polar surface area (TPSA) is 217 Å². The van der Waals surface area contributed by atoms with Crippen LogP contribution in [0, 0.1) is 23.7 Å². The standard InChI is InChI=1S/C28H52N4O6.C24H44N4O6/c1-11-29(12-2)27(35)31(15-5)23(21(7)8)19-37-25(33)17-18-26(34)38-20-24(22(9)10)32(16-6)28(36)30(13-3)14-4;1-9-27(10-2)23(31)25-19(17(5)6)15-33-21(29)13-14-22(30)34-16-20(18(7)8)26-24(32)28(11-3)12-4/h17-18,21-24H,11-16,19-20H2,1-10H3;13-14,17-20H,9-12,15-16H2,1-8H3,(H,25,31)(H,26,32)/b18-17+;14-13+/t23-,24-;19-,20-/m11/s1. The van der Waals surface area contributed by atoms with Crippen LogP contribution in [0.1, 0.15) is 125 Å². The zero-order valence-corrected chi connectivity index (χ0v) is 47.4. The first-order chi connectivity index (χ1) is 33.9. The Morgan fingerprint density at radius 2 is 0.583 bits per heavy atom. The Morgan fingerprint density at radius 3 is 0.778 bits per heavy atom. The number of hydrogen-bond donors (Lipinski definition) is 2. The lowest BCUT2D eigenvalue weighted by molar-refractivity contribution is -0.142. The van der Waals surface area contributed by atoms with Crippen molar-refractivity contribution in [1.82, 2.24) is 40.0 Å². The Hall–Kier alpha value is -5.56. The van der Waals surface area contributed by atoms with Crippen LogP contribution in [0.4, 0.5) is 19.2 Å². The van der Waals surface area contributed by atoms with E-state index in [0.717, 1.165) is 24.3 Å². The molecule has 0 aromatic heterocycles. The van der Waals surface area contributed by atoms with Crippen molar-refractivity contribution in [3.8, 4) is 0 Å². The average Bonchev–Trinajstić information content (AvgIpc) is 3.33. The summed E-state index contributed by atoms with van der Waals surface area (Å²) in [5.41, 5.74) is 0. The van der Waals surface area contributed by atoms with Gasteiger partial charge in [-0.25, -0.2) is 38.4 Å². The number of carbonyl (C=O) groups excluding carboxylic acids is 8. The fraction of sp³-hybridized carbons (Fsp3) is 0.769. The van der Waals surface area contributed by atoms with Crippen molar-refractivity contribution in [1.29, 1.82) is 0 Å². The van der Waals surface area contributed by atoms with Crippen LogP contribution in [0.2, 0.25) is 0 Å². The van der Waals surface area contributed by atoms with Crippen molar-refractivity contribution in [3.05, 3.63) is 24.3 Å². The third-order valence-corrected chi connectivity index (χ3v) is 12.2. The molecule has 0 saturated heterocycles. The van der Waals surface area contributed by atoms with E-state index in [9.17, 15) is 38.4 Å². The number of urea groups is 4. The first-order valence-corrected chi connectivity index (χ1v) is 26.2. The second-order valence-corrected chi connectivity index (χ2v) is 18.2. The number of carbonyl (C=O) groups is 8. The lowest BCUT2D eigenvalue weighted by atomic mass is 10.0. The average molecular weight is 1030 g/mol. The van der Waals surface area contributed by atoms with E-state index in [1.807, 2.05) is 125 Å². The normalized spacial score (nSPS) is 12.9. The molecule has 0 aromatic carbocycles. The maximum absolute atomic E-state index is 12.9. The zero-order valence-electron chi connectivity index (χ0n) is 47.4. The van der Waals surface area contributed by atoms with Gasteiger partial charge in [-0.15, -0.1) is 0 Å². The van der Waals surface area contributed by atoms with Gasteiger partial charge in [0.15, 0.2) is 0 Å². The van der Waals surface area contributed by atoms with Crippen molar-refractivity contribution < 1.29 is 57.3 Å². The van der Waals surface area contributed by atoms with E-state index in [1.165, 1.54) is 0 Å². The van der Waals surface area contributed by atoms with Crippen molar-refractivity contribution in [2.24, 2.45) is 23.7 Å². The fourth-order valence-electron chi connectivity index (χ4n) is 7.13. The van der Waals surface area contributed by atoms with Gasteiger partial charge in [-0.05, 0) is 92.9 Å². The first-order valence-electron chi connectivity index (χ1n) is 26.2. The molecule has 0 bridgehead atoms. The largest absolute Gasteiger partial charge is 0.460 e. The van der Waals surface area contributed by atoms with Crippen molar-refractivity contribution in [2.45, 2.75) is 149 Å². The monoisotopic (exact) mass is 1020 g/mol. The number of nitrogens with zero attached hydrogens (tertiary/aromatic N) is 6. The molecule has 0 radical (unpaired) electrons. The Balaban J connectivity index is 0. The van der Waals surface area contributed by atoms with E-state index >= 15 is 0 Å². The molecule has 2 N–H and O–H groups in total. The predicted molar refractivity (Wildman–Crippen MR) is 281 cm³/mol. The molecule has 8 amide bonds. The summed E-state index contributed by atoms with van der Waals surface area (Å²) in [7, 11) is 0. The number of likely N-dealkylation sites (N-methyl/N-ethyl adjacent to an activating group) is 2. The highest BCUT2D eigenvalue weighted by molar-refractivity contribution is 5.92. The molecule has 0 heterocycles. The highest BCUT2D eigenvalue weighted by Crippen LogP contribution is 2.16. The maximum atomic E-state index is 12.9. The molecule has 4 atom stereocenters. The molecule has 0 unspecified atom stereocenters. The molecule has 0 aliphatic carbocycles. The molecule has 20 nitrogen and oxygen atoms in total. The van der Waals surface area contributed by atoms with Gasteiger partial charge < -0.3 is 59.0 Å². The molecule has 0 rings (SSSR count). The van der Waals surface area contributed by atoms with Gasteiger partial charge in [0.1, 0.15) is 26.4 Å². The number of ether oxygens (including phenoxy) is 4. The van der Waals surface area contributed by atoms with E-state index in [-0.39, 0.29) is 98.4 Å². The number of hydrogen-bond acceptors (Lipinski definition) is 12. The van der Waals surface area contributed by atoms with Gasteiger partial charge in [-0.2, -0.15) is 0 Å². The van der Waals surface area contributed by atoms with Gasteiger partial charge in [0.2, 0.25) is 0 Å². The number of nitrogens with one attached hydrogen (secondary N) is 2. The molecule has 20 heteroatoms. The summed E-state index contributed by atoms with van der Waals surface area (Å²) in [4.78, 5) is 109. The minimum Gasteiger partial charge on any atom is -0.460 e. The van der Waals surface area contributed by atoms with Crippen LogP contribution < -0.4 is 10.6 Å². The van der Waals surface area contributed by atoms with Gasteiger partial charge in [0.25, 0.3) is 0 Å². The summed E-state index contributed by atoms with van der Waals surface area (Å²) in [6.07, 6.45) is 4.05. The van der Waals surface area contributed by atoms with Gasteiger partial charge in [-0.1, -0.05) is 55.4 Å². The van der Waals surface area contributed by atoms with Crippen LogP contribution in [-0.2, 0) is 38.1 Å². The zero-order chi connectivity index (χ0) is 55.7. The van der Waals surface area contributed by atoms with Crippen molar-refractivity contribution in [3.63, 3.8) is 0 Å². The van der Waals surface area contributed by atoms with Crippen LogP contribution in [0.15, 0.2) is 24.3 Å². The SMILES string of the molecule is CCN(CC)C(=O)N(CC)[C@H](COC(=O)/C=C/C(=O)OC[C@H](C(C)C)N(CC)C(=O)N(CC)CC)C(C)C.CCN(CC)C(=O)N[C@H](COC(=O)/C=C/C(=O)OC[C@@H](NC(=O)N(CC)CC)C(C)C)C(C)C. The highest BCUT2D eigenvalue weighted by atomic mass is 16.5. The molecule has 0 spiro atoms. The Kier molecular flexibility index (Phi) is 36.3. The third-order valence-electron chi connectivity index (χ3n) is 12.2. The van der Waals surface area contributed by atoms with Crippen LogP contribution in [0.25, 0.3) is 0 Å². The van der Waals surface area contributed by atoms with Crippen LogP contribution in [-0.4, -0.2) is 193 Å². The minimum absolute atomic E-state index is 0.0181. The van der Waals surface area contributed by atoms with Crippen LogP contribution in [0.5, 0.6) is 0 Å². The molecule has 72 heavy (non-hydrogen) atoms. The van der Waals surface area contributed by atoms with Crippen LogP contribution in [0.3, 0.4) is 0 Å². The summed E-state index contributed by atoms with van der Waals surface area (Å²) < 4.78 is 21.2. The molecule has 416 valence electrons. The molecular formula is C52H96N8O12. The van der Waals surface area contributed by atoms with Crippen LogP contribution >= 0.6 is 0 Å². The first kappa shape index (κ1) is 68.5. The lowest BCUT2D eigenvalue weighted by Crippen LogP contribution is -2.51. The molecule has 0 aliphatic heterocycles. The summed E-state index contributed by atoms with van der Waals surface area (Å²) >= 11 is 0. The summed E-state index contributed by atoms with van der Waals surface area (Å²) in [5, 5.41) is 5.74. The molecular weight excluding hydrogens is 929 g/mol. The number of rotatable bonds is 30. The minimum atomic E-state index is -0.713. The second kappa shape index (κ2) is 38.1. The number of amides is 8. The van der Waals surface area contributed by atoms with Gasteiger partial charge in [0, 0.05) is 89.8 Å². The van der Waals surface area contributed by atoms with E-state index in [1.54, 1.807) is 29.4 Å². The smallest absolute Gasteiger partial charge is 0.331 e. The highest BCUT2D eigenvalue weighted by Gasteiger charge is 2.31. The quantitative estimate of drug-likeness (QED) is 0.0421. The summed E-state index contributed by atoms with van der Waals surface area (Å²) in [6, 6.07) is -1.94. The fourth-order valence-corrected chi connectivity index (χ4v) is 7.13. The van der Waals surface area contributed by atoms with Gasteiger partial charge >= 0.3 is 48.0 Å². The molecule has 0 saturated carbocycles. The Labute approximate surface area is 432 Å². The number of esters is 4. The molecule has 0 fully saturated rings.